The molecule has 3 rings (SSSR count). The van der Waals surface area contributed by atoms with E-state index in [4.69, 9.17) is 14.2 Å². The molecule has 5 heteroatoms. The zero-order chi connectivity index (χ0) is 21.8. The van der Waals surface area contributed by atoms with E-state index in [1.807, 2.05) is 75.4 Å². The van der Waals surface area contributed by atoms with Crippen LogP contribution in [-0.4, -0.2) is 24.1 Å². The van der Waals surface area contributed by atoms with Crippen molar-refractivity contribution in [3.63, 3.8) is 0 Å². The highest BCUT2D eigenvalue weighted by atomic mass is 16.6. The number of hydrogen-bond donors (Lipinski definition) is 0. The number of rotatable bonds is 8. The fourth-order valence-electron chi connectivity index (χ4n) is 3.56. The second kappa shape index (κ2) is 8.90. The van der Waals surface area contributed by atoms with Crippen LogP contribution in [0.4, 0.5) is 0 Å². The van der Waals surface area contributed by atoms with Crippen molar-refractivity contribution in [3.05, 3.63) is 65.7 Å². The summed E-state index contributed by atoms with van der Waals surface area (Å²) in [5.41, 5.74) is 0.630. The molecule has 160 valence electrons. The molecule has 0 aromatic heterocycles. The van der Waals surface area contributed by atoms with Crippen molar-refractivity contribution in [2.75, 3.05) is 6.61 Å². The SMILES string of the molecule is CCOC(=O)[C@@]1(Cc2ccc(OCc3ccccc3)cc2)C[C@@H]1C(=O)OC(C)(C)C. The Kier molecular flexibility index (Phi) is 6.49. The third-order valence-electron chi connectivity index (χ3n) is 5.14. The average molecular weight is 411 g/mol. The Labute approximate surface area is 178 Å². The van der Waals surface area contributed by atoms with Crippen molar-refractivity contribution < 1.29 is 23.8 Å². The first-order valence-corrected chi connectivity index (χ1v) is 10.4. The molecule has 0 N–H and O–H groups in total. The normalized spacial score (nSPS) is 20.3. The Balaban J connectivity index is 1.66. The van der Waals surface area contributed by atoms with Gasteiger partial charge in [0.2, 0.25) is 0 Å². The maximum absolute atomic E-state index is 12.7. The van der Waals surface area contributed by atoms with Gasteiger partial charge in [-0.3, -0.25) is 9.59 Å². The summed E-state index contributed by atoms with van der Waals surface area (Å²) < 4.78 is 16.6. The minimum atomic E-state index is -0.843. The van der Waals surface area contributed by atoms with Crippen molar-refractivity contribution in [2.45, 2.75) is 52.7 Å². The molecule has 30 heavy (non-hydrogen) atoms. The van der Waals surface area contributed by atoms with Gasteiger partial charge in [-0.05, 0) is 63.8 Å². The molecule has 5 nitrogen and oxygen atoms in total. The van der Waals surface area contributed by atoms with E-state index in [0.29, 0.717) is 19.4 Å². The second-order valence-electron chi connectivity index (χ2n) is 8.76. The Morgan fingerprint density at radius 2 is 1.67 bits per heavy atom. The van der Waals surface area contributed by atoms with Gasteiger partial charge in [-0.25, -0.2) is 0 Å². The molecule has 2 aromatic rings. The van der Waals surface area contributed by atoms with Gasteiger partial charge >= 0.3 is 11.9 Å². The van der Waals surface area contributed by atoms with Gasteiger partial charge in [0.1, 0.15) is 18.0 Å². The fraction of sp³-hybridized carbons (Fsp3) is 0.440. The molecule has 1 aliphatic carbocycles. The molecule has 2 atom stereocenters. The molecule has 1 fully saturated rings. The van der Waals surface area contributed by atoms with Crippen molar-refractivity contribution in [2.24, 2.45) is 11.3 Å². The van der Waals surface area contributed by atoms with Gasteiger partial charge in [-0.2, -0.15) is 0 Å². The van der Waals surface area contributed by atoms with Crippen LogP contribution >= 0.6 is 0 Å². The first-order chi connectivity index (χ1) is 14.2. The van der Waals surface area contributed by atoms with E-state index >= 15 is 0 Å². The molecule has 0 spiro atoms. The number of ether oxygens (including phenoxy) is 3. The third kappa shape index (κ3) is 5.41. The number of benzene rings is 2. The lowest BCUT2D eigenvalue weighted by Gasteiger charge is -2.21. The maximum atomic E-state index is 12.7. The van der Waals surface area contributed by atoms with Crippen LogP contribution in [-0.2, 0) is 32.1 Å². The molecule has 0 heterocycles. The second-order valence-corrected chi connectivity index (χ2v) is 8.76. The van der Waals surface area contributed by atoms with Crippen molar-refractivity contribution >= 4 is 11.9 Å². The molecule has 1 saturated carbocycles. The minimum absolute atomic E-state index is 0.286. The summed E-state index contributed by atoms with van der Waals surface area (Å²) in [4.78, 5) is 25.2. The Morgan fingerprint density at radius 3 is 2.27 bits per heavy atom. The molecule has 0 unspecified atom stereocenters. The van der Waals surface area contributed by atoms with Crippen LogP contribution in [0.25, 0.3) is 0 Å². The van der Waals surface area contributed by atoms with Crippen LogP contribution in [0.15, 0.2) is 54.6 Å². The van der Waals surface area contributed by atoms with E-state index in [1.54, 1.807) is 6.92 Å². The number of carbonyl (C=O) groups is 2. The zero-order valence-corrected chi connectivity index (χ0v) is 18.1. The molecule has 0 aliphatic heterocycles. The lowest BCUT2D eigenvalue weighted by molar-refractivity contribution is -0.162. The summed E-state index contributed by atoms with van der Waals surface area (Å²) >= 11 is 0. The minimum Gasteiger partial charge on any atom is -0.489 e. The van der Waals surface area contributed by atoms with Gasteiger partial charge in [0, 0.05) is 0 Å². The molecular weight excluding hydrogens is 380 g/mol. The average Bonchev–Trinajstić information content (AvgIpc) is 3.43. The molecule has 0 amide bonds. The highest BCUT2D eigenvalue weighted by molar-refractivity contribution is 5.91. The van der Waals surface area contributed by atoms with E-state index < -0.39 is 16.9 Å². The van der Waals surface area contributed by atoms with Gasteiger partial charge in [0.05, 0.1) is 17.9 Å². The topological polar surface area (TPSA) is 61.8 Å². The van der Waals surface area contributed by atoms with Gasteiger partial charge in [-0.15, -0.1) is 0 Å². The lowest BCUT2D eigenvalue weighted by Crippen LogP contribution is -2.30. The highest BCUT2D eigenvalue weighted by Gasteiger charge is 2.65. The first-order valence-electron chi connectivity index (χ1n) is 10.4. The van der Waals surface area contributed by atoms with Crippen LogP contribution in [0.3, 0.4) is 0 Å². The Bertz CT molecular complexity index is 867. The maximum Gasteiger partial charge on any atom is 0.313 e. The summed E-state index contributed by atoms with van der Waals surface area (Å²) in [5, 5.41) is 0. The summed E-state index contributed by atoms with van der Waals surface area (Å²) in [7, 11) is 0. The predicted octanol–water partition coefficient (Wildman–Crippen LogP) is 4.72. The van der Waals surface area contributed by atoms with E-state index in [0.717, 1.165) is 16.9 Å². The number of hydrogen-bond acceptors (Lipinski definition) is 5. The smallest absolute Gasteiger partial charge is 0.313 e. The zero-order valence-electron chi connectivity index (χ0n) is 18.1. The van der Waals surface area contributed by atoms with Gasteiger partial charge in [0.25, 0.3) is 0 Å². The number of esters is 2. The van der Waals surface area contributed by atoms with Crippen LogP contribution in [0.5, 0.6) is 5.75 Å². The van der Waals surface area contributed by atoms with Gasteiger partial charge < -0.3 is 14.2 Å². The van der Waals surface area contributed by atoms with Gasteiger partial charge in [-0.1, -0.05) is 42.5 Å². The molecule has 0 saturated heterocycles. The quantitative estimate of drug-likeness (QED) is 0.589. The fourth-order valence-corrected chi connectivity index (χ4v) is 3.56. The van der Waals surface area contributed by atoms with E-state index in [9.17, 15) is 9.59 Å². The van der Waals surface area contributed by atoms with Crippen molar-refractivity contribution in [1.29, 1.82) is 0 Å². The van der Waals surface area contributed by atoms with Crippen LogP contribution in [0, 0.1) is 11.3 Å². The van der Waals surface area contributed by atoms with Crippen LogP contribution in [0.1, 0.15) is 45.2 Å². The summed E-state index contributed by atoms with van der Waals surface area (Å²) in [5.74, 6) is -0.374. The summed E-state index contributed by atoms with van der Waals surface area (Å²) in [6.07, 6.45) is 0.891. The number of carbonyl (C=O) groups excluding carboxylic acids is 2. The van der Waals surface area contributed by atoms with Crippen molar-refractivity contribution in [1.82, 2.24) is 0 Å². The first kappa shape index (κ1) is 21.9. The molecule has 0 radical (unpaired) electrons. The van der Waals surface area contributed by atoms with Gasteiger partial charge in [0.15, 0.2) is 0 Å². The predicted molar refractivity (Wildman–Crippen MR) is 114 cm³/mol. The van der Waals surface area contributed by atoms with E-state index in [2.05, 4.69) is 0 Å². The lowest BCUT2D eigenvalue weighted by atomic mass is 9.93. The third-order valence-corrected chi connectivity index (χ3v) is 5.14. The molecular formula is C25H30O5. The summed E-state index contributed by atoms with van der Waals surface area (Å²) in [6, 6.07) is 17.6. The highest BCUT2D eigenvalue weighted by Crippen LogP contribution is 2.56. The van der Waals surface area contributed by atoms with Crippen LogP contribution < -0.4 is 4.74 Å². The Hall–Kier alpha value is -2.82. The monoisotopic (exact) mass is 410 g/mol. The largest absolute Gasteiger partial charge is 0.489 e. The van der Waals surface area contributed by atoms with Crippen LogP contribution in [0.2, 0.25) is 0 Å². The van der Waals surface area contributed by atoms with Crippen molar-refractivity contribution in [3.8, 4) is 5.75 Å². The van der Waals surface area contributed by atoms with E-state index in [-0.39, 0.29) is 18.5 Å². The van der Waals surface area contributed by atoms with E-state index in [1.165, 1.54) is 0 Å². The molecule has 0 bridgehead atoms. The molecule has 1 aliphatic rings. The molecule has 2 aromatic carbocycles. The Morgan fingerprint density at radius 1 is 1.00 bits per heavy atom. The standard InChI is InChI=1S/C25H30O5/c1-5-28-23(27)25(16-21(25)22(26)30-24(2,3)4)15-18-11-13-20(14-12-18)29-17-19-9-7-6-8-10-19/h6-14,21H,5,15-17H2,1-4H3/t21-,25+/m1/s1. The summed E-state index contributed by atoms with van der Waals surface area (Å²) in [6.45, 7) is 8.03.